The summed E-state index contributed by atoms with van der Waals surface area (Å²) in [6, 6.07) is 19.1. The summed E-state index contributed by atoms with van der Waals surface area (Å²) in [5.74, 6) is 1.19. The number of carbonyl (C=O) groups is 1. The second-order valence-electron chi connectivity index (χ2n) is 9.40. The SMILES string of the molecule is O=C(c1cc(-c2ccccc2)c(N2CCOCC2)s1)N1CCN(Cc2ccc3c(c2)CCO3)CC1. The van der Waals surface area contributed by atoms with Crippen LogP contribution in [-0.4, -0.2) is 74.8 Å². The van der Waals surface area contributed by atoms with E-state index in [1.165, 1.54) is 16.1 Å². The first-order valence-corrected chi connectivity index (χ1v) is 13.3. The van der Waals surface area contributed by atoms with E-state index in [0.717, 1.165) is 93.8 Å². The minimum absolute atomic E-state index is 0.154. The summed E-state index contributed by atoms with van der Waals surface area (Å²) >= 11 is 1.63. The van der Waals surface area contributed by atoms with Crippen LogP contribution in [0.4, 0.5) is 5.00 Å². The van der Waals surface area contributed by atoms with Crippen LogP contribution >= 0.6 is 11.3 Å². The number of hydrogen-bond donors (Lipinski definition) is 0. The first-order valence-electron chi connectivity index (χ1n) is 12.5. The number of rotatable bonds is 5. The third-order valence-corrected chi connectivity index (χ3v) is 8.31. The maximum atomic E-state index is 13.5. The fraction of sp³-hybridized carbons (Fsp3) is 0.393. The Bertz CT molecular complexity index is 1180. The Labute approximate surface area is 210 Å². The van der Waals surface area contributed by atoms with Crippen molar-refractivity contribution in [3.8, 4) is 16.9 Å². The van der Waals surface area contributed by atoms with Crippen molar-refractivity contribution in [2.24, 2.45) is 0 Å². The fourth-order valence-corrected chi connectivity index (χ4v) is 6.37. The fourth-order valence-electron chi connectivity index (χ4n) is 5.17. The molecule has 6 rings (SSSR count). The molecule has 4 heterocycles. The topological polar surface area (TPSA) is 45.2 Å². The standard InChI is InChI=1S/C28H31N3O3S/c32-27(30-11-9-29(10-12-30)20-21-6-7-25-23(18-21)8-15-34-25)26-19-24(22-4-2-1-3-5-22)28(35-26)31-13-16-33-17-14-31/h1-7,18-19H,8-17,20H2. The van der Waals surface area contributed by atoms with Gasteiger partial charge in [0.2, 0.25) is 0 Å². The number of piperazine rings is 1. The number of amides is 1. The highest BCUT2D eigenvalue weighted by Crippen LogP contribution is 2.40. The van der Waals surface area contributed by atoms with E-state index in [1.807, 2.05) is 11.0 Å². The molecule has 0 unspecified atom stereocenters. The predicted molar refractivity (Wildman–Crippen MR) is 140 cm³/mol. The largest absolute Gasteiger partial charge is 0.493 e. The minimum atomic E-state index is 0.154. The summed E-state index contributed by atoms with van der Waals surface area (Å²) in [7, 11) is 0. The van der Waals surface area contributed by atoms with Crippen molar-refractivity contribution in [2.45, 2.75) is 13.0 Å². The molecule has 3 aliphatic rings. The first-order chi connectivity index (χ1) is 17.2. The lowest BCUT2D eigenvalue weighted by molar-refractivity contribution is 0.0633. The number of morpholine rings is 1. The third kappa shape index (κ3) is 4.81. The van der Waals surface area contributed by atoms with Gasteiger partial charge >= 0.3 is 0 Å². The van der Waals surface area contributed by atoms with Gasteiger partial charge in [0.25, 0.3) is 5.91 Å². The molecular formula is C28H31N3O3S. The summed E-state index contributed by atoms with van der Waals surface area (Å²) in [6.07, 6.45) is 1.00. The molecule has 0 atom stereocenters. The molecule has 0 bridgehead atoms. The van der Waals surface area contributed by atoms with Crippen molar-refractivity contribution in [1.82, 2.24) is 9.80 Å². The molecule has 1 aromatic heterocycles. The van der Waals surface area contributed by atoms with E-state index in [9.17, 15) is 4.79 Å². The van der Waals surface area contributed by atoms with Gasteiger partial charge < -0.3 is 19.3 Å². The highest BCUT2D eigenvalue weighted by atomic mass is 32.1. The summed E-state index contributed by atoms with van der Waals surface area (Å²) < 4.78 is 11.2. The number of hydrogen-bond acceptors (Lipinski definition) is 6. The Hall–Kier alpha value is -2.87. The molecule has 7 heteroatoms. The quantitative estimate of drug-likeness (QED) is 0.539. The van der Waals surface area contributed by atoms with Gasteiger partial charge in [0.1, 0.15) is 5.75 Å². The van der Waals surface area contributed by atoms with Crippen LogP contribution in [0.3, 0.4) is 0 Å². The van der Waals surface area contributed by atoms with Gasteiger partial charge in [-0.1, -0.05) is 42.5 Å². The molecule has 2 saturated heterocycles. The Balaban J connectivity index is 1.14. The lowest BCUT2D eigenvalue weighted by Crippen LogP contribution is -2.48. The molecule has 0 aliphatic carbocycles. The van der Waals surface area contributed by atoms with Crippen LogP contribution in [0.25, 0.3) is 11.1 Å². The maximum Gasteiger partial charge on any atom is 0.264 e. The Morgan fingerprint density at radius 1 is 0.886 bits per heavy atom. The average Bonchev–Trinajstić information content (AvgIpc) is 3.57. The van der Waals surface area contributed by atoms with Crippen LogP contribution in [0.15, 0.2) is 54.6 Å². The molecule has 0 radical (unpaired) electrons. The maximum absolute atomic E-state index is 13.5. The second-order valence-corrected chi connectivity index (χ2v) is 10.4. The third-order valence-electron chi connectivity index (χ3n) is 7.13. The number of anilines is 1. The number of fused-ring (bicyclic) bond motifs is 1. The van der Waals surface area contributed by atoms with Crippen molar-refractivity contribution in [1.29, 1.82) is 0 Å². The summed E-state index contributed by atoms with van der Waals surface area (Å²) in [5.41, 5.74) is 4.96. The molecule has 35 heavy (non-hydrogen) atoms. The monoisotopic (exact) mass is 489 g/mol. The van der Waals surface area contributed by atoms with E-state index in [0.29, 0.717) is 0 Å². The molecule has 182 valence electrons. The smallest absolute Gasteiger partial charge is 0.264 e. The number of ether oxygens (including phenoxy) is 2. The first kappa shape index (κ1) is 22.6. The Kier molecular flexibility index (Phi) is 6.46. The Morgan fingerprint density at radius 2 is 1.69 bits per heavy atom. The summed E-state index contributed by atoms with van der Waals surface area (Å²) in [4.78, 5) is 21.2. The molecule has 0 spiro atoms. The molecule has 2 fully saturated rings. The molecule has 2 aromatic carbocycles. The molecule has 6 nitrogen and oxygen atoms in total. The van der Waals surface area contributed by atoms with Gasteiger partial charge in [-0.3, -0.25) is 9.69 Å². The van der Waals surface area contributed by atoms with E-state index in [-0.39, 0.29) is 5.91 Å². The van der Waals surface area contributed by atoms with Gasteiger partial charge in [0, 0.05) is 57.8 Å². The van der Waals surface area contributed by atoms with E-state index >= 15 is 0 Å². The number of thiophene rings is 1. The normalized spacial score (nSPS) is 18.4. The van der Waals surface area contributed by atoms with Gasteiger partial charge in [-0.25, -0.2) is 0 Å². The second kappa shape index (κ2) is 10.0. The zero-order chi connectivity index (χ0) is 23.6. The van der Waals surface area contributed by atoms with E-state index in [2.05, 4.69) is 58.3 Å². The van der Waals surface area contributed by atoms with Gasteiger partial charge in [-0.15, -0.1) is 11.3 Å². The van der Waals surface area contributed by atoms with E-state index in [1.54, 1.807) is 11.3 Å². The number of nitrogens with zero attached hydrogens (tertiary/aromatic N) is 3. The van der Waals surface area contributed by atoms with Gasteiger partial charge in [-0.2, -0.15) is 0 Å². The van der Waals surface area contributed by atoms with Crippen molar-refractivity contribution >= 4 is 22.2 Å². The molecule has 3 aliphatic heterocycles. The van der Waals surface area contributed by atoms with Gasteiger partial charge in [0.05, 0.1) is 29.7 Å². The van der Waals surface area contributed by atoms with E-state index in [4.69, 9.17) is 9.47 Å². The molecule has 3 aromatic rings. The van der Waals surface area contributed by atoms with Gasteiger partial charge in [0.15, 0.2) is 0 Å². The minimum Gasteiger partial charge on any atom is -0.493 e. The van der Waals surface area contributed by atoms with Crippen LogP contribution in [0.1, 0.15) is 20.8 Å². The number of benzene rings is 2. The van der Waals surface area contributed by atoms with Gasteiger partial charge in [-0.05, 0) is 28.8 Å². The van der Waals surface area contributed by atoms with Crippen molar-refractivity contribution in [3.05, 3.63) is 70.6 Å². The van der Waals surface area contributed by atoms with Crippen molar-refractivity contribution < 1.29 is 14.3 Å². The van der Waals surface area contributed by atoms with Crippen molar-refractivity contribution in [3.63, 3.8) is 0 Å². The zero-order valence-corrected chi connectivity index (χ0v) is 20.8. The van der Waals surface area contributed by atoms with Crippen molar-refractivity contribution in [2.75, 3.05) is 64.0 Å². The van der Waals surface area contributed by atoms with E-state index < -0.39 is 0 Å². The predicted octanol–water partition coefficient (Wildman–Crippen LogP) is 4.14. The lowest BCUT2D eigenvalue weighted by Gasteiger charge is -2.34. The highest BCUT2D eigenvalue weighted by Gasteiger charge is 2.27. The molecule has 0 saturated carbocycles. The molecule has 1 amide bonds. The summed E-state index contributed by atoms with van der Waals surface area (Å²) in [6.45, 7) is 8.22. The zero-order valence-electron chi connectivity index (χ0n) is 19.9. The van der Waals surface area contributed by atoms with Crippen LogP contribution in [0.2, 0.25) is 0 Å². The van der Waals surface area contributed by atoms with Crippen LogP contribution in [0, 0.1) is 0 Å². The van der Waals surface area contributed by atoms with Crippen LogP contribution < -0.4 is 9.64 Å². The van der Waals surface area contributed by atoms with Crippen LogP contribution in [0.5, 0.6) is 5.75 Å². The highest BCUT2D eigenvalue weighted by molar-refractivity contribution is 7.18. The molecule has 0 N–H and O–H groups in total. The lowest BCUT2D eigenvalue weighted by atomic mass is 10.1. The molecular weight excluding hydrogens is 458 g/mol. The van der Waals surface area contributed by atoms with Crippen LogP contribution in [-0.2, 0) is 17.7 Å². The summed E-state index contributed by atoms with van der Waals surface area (Å²) in [5, 5.41) is 1.18. The average molecular weight is 490 g/mol. The number of carbonyl (C=O) groups excluding carboxylic acids is 1. The Morgan fingerprint density at radius 3 is 2.49 bits per heavy atom.